The van der Waals surface area contributed by atoms with Gasteiger partial charge >= 0.3 is 0 Å². The van der Waals surface area contributed by atoms with Gasteiger partial charge in [-0.1, -0.05) is 18.2 Å². The van der Waals surface area contributed by atoms with Crippen LogP contribution >= 0.6 is 11.9 Å². The van der Waals surface area contributed by atoms with Crippen LogP contribution in [0.5, 0.6) is 5.75 Å². The van der Waals surface area contributed by atoms with Gasteiger partial charge in [0, 0.05) is 68.5 Å². The number of methoxy groups -OCH3 is 1. The molecule has 1 aliphatic rings. The molecule has 0 aliphatic carbocycles. The number of rotatable bonds is 7. The van der Waals surface area contributed by atoms with Crippen LogP contribution in [0.1, 0.15) is 15.9 Å². The summed E-state index contributed by atoms with van der Waals surface area (Å²) in [4.78, 5) is 27.2. The predicted octanol–water partition coefficient (Wildman–Crippen LogP) is 4.72. The maximum atomic E-state index is 13.3. The van der Waals surface area contributed by atoms with E-state index in [9.17, 15) is 4.79 Å². The molecule has 7 nitrogen and oxygen atoms in total. The quantitative estimate of drug-likeness (QED) is 0.380. The van der Waals surface area contributed by atoms with Crippen molar-refractivity contribution in [2.75, 3.05) is 38.0 Å². The van der Waals surface area contributed by atoms with E-state index in [2.05, 4.69) is 31.7 Å². The molecule has 35 heavy (non-hydrogen) atoms. The number of anilines is 1. The van der Waals surface area contributed by atoms with E-state index in [-0.39, 0.29) is 5.91 Å². The number of hydrogen-bond donors (Lipinski definition) is 1. The topological polar surface area (TPSA) is 70.6 Å². The average molecular weight is 486 g/mol. The lowest BCUT2D eigenvalue weighted by Gasteiger charge is -2.35. The lowest BCUT2D eigenvalue weighted by atomic mass is 10.1. The molecule has 1 aliphatic heterocycles. The molecule has 0 atom stereocenters. The Balaban J connectivity index is 1.22. The van der Waals surface area contributed by atoms with E-state index >= 15 is 0 Å². The predicted molar refractivity (Wildman–Crippen MR) is 140 cm³/mol. The first kappa shape index (κ1) is 23.1. The van der Waals surface area contributed by atoms with Crippen LogP contribution in [0, 0.1) is 0 Å². The number of piperazine rings is 1. The van der Waals surface area contributed by atoms with Crippen LogP contribution in [-0.2, 0) is 6.54 Å². The van der Waals surface area contributed by atoms with Gasteiger partial charge in [0.1, 0.15) is 5.75 Å². The minimum Gasteiger partial charge on any atom is -0.496 e. The number of para-hydroxylation sites is 1. The van der Waals surface area contributed by atoms with Crippen LogP contribution in [0.2, 0.25) is 0 Å². The Hall–Kier alpha value is -3.62. The number of benzene rings is 2. The smallest absolute Gasteiger partial charge is 0.257 e. The first-order valence-corrected chi connectivity index (χ1v) is 12.4. The fourth-order valence-electron chi connectivity index (χ4n) is 4.23. The van der Waals surface area contributed by atoms with Crippen LogP contribution < -0.4 is 9.46 Å². The van der Waals surface area contributed by atoms with E-state index in [1.54, 1.807) is 13.3 Å². The molecule has 1 amide bonds. The van der Waals surface area contributed by atoms with Gasteiger partial charge < -0.3 is 14.4 Å². The molecule has 4 aromatic rings. The van der Waals surface area contributed by atoms with Crippen molar-refractivity contribution < 1.29 is 9.53 Å². The Kier molecular flexibility index (Phi) is 7.11. The molecule has 178 valence electrons. The zero-order chi connectivity index (χ0) is 24.0. The molecule has 0 saturated carbocycles. The summed E-state index contributed by atoms with van der Waals surface area (Å²) in [5.41, 5.74) is 3.63. The van der Waals surface area contributed by atoms with Crippen molar-refractivity contribution >= 4 is 34.4 Å². The highest BCUT2D eigenvalue weighted by atomic mass is 32.2. The van der Waals surface area contributed by atoms with Gasteiger partial charge in [-0.25, -0.2) is 0 Å². The molecule has 0 spiro atoms. The molecule has 1 N–H and O–H groups in total. The number of carbonyl (C=O) groups is 1. The Morgan fingerprint density at radius 2 is 1.80 bits per heavy atom. The number of ether oxygens (including phenoxy) is 1. The Labute approximate surface area is 209 Å². The van der Waals surface area contributed by atoms with Crippen LogP contribution in [0.25, 0.3) is 10.9 Å². The van der Waals surface area contributed by atoms with Gasteiger partial charge in [0.25, 0.3) is 5.91 Å². The number of pyridine rings is 2. The molecule has 0 radical (unpaired) electrons. The van der Waals surface area contributed by atoms with Crippen molar-refractivity contribution in [2.24, 2.45) is 0 Å². The molecule has 3 heterocycles. The van der Waals surface area contributed by atoms with Crippen molar-refractivity contribution in [3.05, 3.63) is 90.4 Å². The number of carbonyl (C=O) groups excluding carboxylic acids is 1. The second kappa shape index (κ2) is 10.8. The van der Waals surface area contributed by atoms with Gasteiger partial charge in [-0.3, -0.25) is 19.7 Å². The first-order chi connectivity index (χ1) is 17.2. The molecule has 0 bridgehead atoms. The zero-order valence-corrected chi connectivity index (χ0v) is 20.4. The Morgan fingerprint density at radius 3 is 2.60 bits per heavy atom. The normalized spacial score (nSPS) is 14.1. The lowest BCUT2D eigenvalue weighted by molar-refractivity contribution is 0.0625. The van der Waals surface area contributed by atoms with Crippen molar-refractivity contribution in [3.8, 4) is 5.75 Å². The van der Waals surface area contributed by atoms with Gasteiger partial charge in [0.05, 0.1) is 23.1 Å². The maximum Gasteiger partial charge on any atom is 0.257 e. The number of amides is 1. The molecule has 1 saturated heterocycles. The number of nitrogens with zero attached hydrogens (tertiary/aromatic N) is 4. The molecule has 5 rings (SSSR count). The summed E-state index contributed by atoms with van der Waals surface area (Å²) in [6.07, 6.45) is 5.43. The minimum atomic E-state index is 0.00266. The van der Waals surface area contributed by atoms with Gasteiger partial charge in [0.15, 0.2) is 0 Å². The summed E-state index contributed by atoms with van der Waals surface area (Å²) in [5, 5.41) is 1.10. The first-order valence-electron chi connectivity index (χ1n) is 11.6. The molecule has 0 unspecified atom stereocenters. The summed E-state index contributed by atoms with van der Waals surface area (Å²) in [6, 6.07) is 19.8. The maximum absolute atomic E-state index is 13.3. The summed E-state index contributed by atoms with van der Waals surface area (Å²) in [5.74, 6) is 0.568. The molecular weight excluding hydrogens is 458 g/mol. The van der Waals surface area contributed by atoms with Crippen LogP contribution in [0.3, 0.4) is 0 Å². The molecule has 2 aromatic carbocycles. The summed E-state index contributed by atoms with van der Waals surface area (Å²) < 4.78 is 8.96. The average Bonchev–Trinajstić information content (AvgIpc) is 2.92. The fourth-order valence-corrected chi connectivity index (χ4v) is 5.00. The van der Waals surface area contributed by atoms with Gasteiger partial charge in [-0.05, 0) is 53.9 Å². The summed E-state index contributed by atoms with van der Waals surface area (Å²) >= 11 is 1.49. The van der Waals surface area contributed by atoms with E-state index in [4.69, 9.17) is 4.74 Å². The largest absolute Gasteiger partial charge is 0.496 e. The van der Waals surface area contributed by atoms with Gasteiger partial charge in [-0.2, -0.15) is 0 Å². The van der Waals surface area contributed by atoms with E-state index in [1.807, 2.05) is 65.8 Å². The van der Waals surface area contributed by atoms with Gasteiger partial charge in [0.2, 0.25) is 0 Å². The Bertz CT molecular complexity index is 1300. The second-order valence-electron chi connectivity index (χ2n) is 8.37. The number of hydrogen-bond acceptors (Lipinski definition) is 7. The molecule has 2 aromatic heterocycles. The van der Waals surface area contributed by atoms with Crippen molar-refractivity contribution in [1.82, 2.24) is 19.8 Å². The molecule has 8 heteroatoms. The number of fused-ring (bicyclic) bond motifs is 1. The zero-order valence-electron chi connectivity index (χ0n) is 19.6. The fraction of sp³-hybridized carbons (Fsp3) is 0.222. The van der Waals surface area contributed by atoms with Crippen LogP contribution in [0.15, 0.2) is 84.1 Å². The lowest BCUT2D eigenvalue weighted by Crippen LogP contribution is -2.48. The number of nitrogens with one attached hydrogen (secondary N) is 1. The van der Waals surface area contributed by atoms with Crippen molar-refractivity contribution in [1.29, 1.82) is 0 Å². The van der Waals surface area contributed by atoms with E-state index < -0.39 is 0 Å². The van der Waals surface area contributed by atoms with Crippen molar-refractivity contribution in [3.63, 3.8) is 0 Å². The second-order valence-corrected chi connectivity index (χ2v) is 9.22. The van der Waals surface area contributed by atoms with Crippen LogP contribution in [-0.4, -0.2) is 59.0 Å². The monoisotopic (exact) mass is 485 g/mol. The molecular formula is C27H27N5O2S. The van der Waals surface area contributed by atoms with Gasteiger partial charge in [-0.15, -0.1) is 0 Å². The number of aromatic nitrogens is 2. The highest BCUT2D eigenvalue weighted by Crippen LogP contribution is 2.30. The summed E-state index contributed by atoms with van der Waals surface area (Å²) in [6.45, 7) is 3.93. The third-order valence-corrected chi connectivity index (χ3v) is 7.01. The Morgan fingerprint density at radius 1 is 1.00 bits per heavy atom. The van der Waals surface area contributed by atoms with Crippen LogP contribution in [0.4, 0.5) is 5.69 Å². The third-order valence-electron chi connectivity index (χ3n) is 6.12. The third kappa shape index (κ3) is 5.39. The SMILES string of the molecule is COc1cc(NSc2cccc3cccnc23)ccc1C(=O)N1CCN(Cc2ccncc2)CC1. The van der Waals surface area contributed by atoms with Crippen molar-refractivity contribution in [2.45, 2.75) is 11.4 Å². The highest BCUT2D eigenvalue weighted by Gasteiger charge is 2.24. The summed E-state index contributed by atoms with van der Waals surface area (Å²) in [7, 11) is 1.60. The van der Waals surface area contributed by atoms with E-state index in [1.165, 1.54) is 17.5 Å². The molecule has 1 fully saturated rings. The minimum absolute atomic E-state index is 0.00266. The standard InChI is InChI=1S/C27H27N5O2S/c1-34-24-18-22(30-35-25-6-2-4-21-5-3-11-29-26(21)25)7-8-23(24)27(33)32-16-14-31(15-17-32)19-20-9-12-28-13-10-20/h2-13,18,30H,14-17,19H2,1H3. The van der Waals surface area contributed by atoms with E-state index in [0.717, 1.165) is 41.1 Å². The van der Waals surface area contributed by atoms with E-state index in [0.29, 0.717) is 24.4 Å². The highest BCUT2D eigenvalue weighted by molar-refractivity contribution is 8.00.